The van der Waals surface area contributed by atoms with Crippen LogP contribution in [0.2, 0.25) is 0 Å². The zero-order chi connectivity index (χ0) is 13.3. The first-order valence-electron chi connectivity index (χ1n) is 5.33. The highest BCUT2D eigenvalue weighted by Crippen LogP contribution is 2.33. The van der Waals surface area contributed by atoms with E-state index in [1.807, 2.05) is 48.6 Å². The molecule has 0 aliphatic rings. The molecule has 1 heterocycles. The number of anilines is 1. The van der Waals surface area contributed by atoms with Crippen molar-refractivity contribution in [3.8, 4) is 0 Å². The normalized spacial score (nSPS) is 10.7. The number of hydrogen-bond acceptors (Lipinski definition) is 3. The van der Waals surface area contributed by atoms with Gasteiger partial charge in [0.15, 0.2) is 0 Å². The van der Waals surface area contributed by atoms with Crippen LogP contribution in [-0.4, -0.2) is 4.98 Å². The van der Waals surface area contributed by atoms with Crippen molar-refractivity contribution < 1.29 is 4.39 Å². The third-order valence-electron chi connectivity index (χ3n) is 2.34. The standard InChI is InChI=1S/C13H12FIN2S/c1-7-3-8(2)17-13(4-7)18-12-5-9(14)10(15)6-11(12)16/h3-6H,16H2,1-2H3. The van der Waals surface area contributed by atoms with Crippen LogP contribution in [-0.2, 0) is 0 Å². The summed E-state index contributed by atoms with van der Waals surface area (Å²) in [6, 6.07) is 7.07. The van der Waals surface area contributed by atoms with Crippen molar-refractivity contribution in [2.75, 3.05) is 5.73 Å². The third kappa shape index (κ3) is 3.14. The summed E-state index contributed by atoms with van der Waals surface area (Å²) in [6.07, 6.45) is 0. The van der Waals surface area contributed by atoms with Crippen LogP contribution in [0.25, 0.3) is 0 Å². The molecule has 0 aliphatic heterocycles. The number of halogens is 2. The molecule has 0 fully saturated rings. The van der Waals surface area contributed by atoms with Crippen molar-refractivity contribution in [1.29, 1.82) is 0 Å². The molecule has 2 aromatic rings. The largest absolute Gasteiger partial charge is 0.398 e. The van der Waals surface area contributed by atoms with Crippen LogP contribution >= 0.6 is 34.4 Å². The molecule has 0 unspecified atom stereocenters. The molecule has 0 atom stereocenters. The summed E-state index contributed by atoms with van der Waals surface area (Å²) in [4.78, 5) is 5.11. The van der Waals surface area contributed by atoms with Gasteiger partial charge in [-0.2, -0.15) is 0 Å². The summed E-state index contributed by atoms with van der Waals surface area (Å²) in [7, 11) is 0. The number of pyridine rings is 1. The lowest BCUT2D eigenvalue weighted by Crippen LogP contribution is -1.94. The minimum atomic E-state index is -0.253. The minimum absolute atomic E-state index is 0.253. The average Bonchev–Trinajstić information content (AvgIpc) is 2.24. The van der Waals surface area contributed by atoms with Gasteiger partial charge in [-0.25, -0.2) is 9.37 Å². The lowest BCUT2D eigenvalue weighted by Gasteiger charge is -2.07. The van der Waals surface area contributed by atoms with E-state index in [1.165, 1.54) is 17.8 Å². The monoisotopic (exact) mass is 374 g/mol. The third-order valence-corrected chi connectivity index (χ3v) is 4.16. The highest BCUT2D eigenvalue weighted by Gasteiger charge is 2.09. The summed E-state index contributed by atoms with van der Waals surface area (Å²) >= 11 is 3.31. The maximum absolute atomic E-state index is 13.5. The molecule has 18 heavy (non-hydrogen) atoms. The molecule has 0 aliphatic carbocycles. The van der Waals surface area contributed by atoms with Gasteiger partial charge in [0.1, 0.15) is 10.8 Å². The summed E-state index contributed by atoms with van der Waals surface area (Å²) in [5.74, 6) is -0.253. The number of nitrogen functional groups attached to an aromatic ring is 1. The average molecular weight is 374 g/mol. The molecule has 1 aromatic carbocycles. The lowest BCUT2D eigenvalue weighted by atomic mass is 10.3. The second-order valence-electron chi connectivity index (χ2n) is 4.03. The van der Waals surface area contributed by atoms with Crippen molar-refractivity contribution in [3.63, 3.8) is 0 Å². The summed E-state index contributed by atoms with van der Waals surface area (Å²) in [5.41, 5.74) is 8.55. The predicted octanol–water partition coefficient (Wildman–Crippen LogP) is 4.18. The lowest BCUT2D eigenvalue weighted by molar-refractivity contribution is 0.617. The van der Waals surface area contributed by atoms with Gasteiger partial charge in [0, 0.05) is 16.3 Å². The summed E-state index contributed by atoms with van der Waals surface area (Å²) < 4.78 is 14.1. The molecule has 0 saturated heterocycles. The number of aryl methyl sites for hydroxylation is 2. The van der Waals surface area contributed by atoms with E-state index in [1.54, 1.807) is 6.07 Å². The van der Waals surface area contributed by atoms with E-state index in [0.717, 1.165) is 16.3 Å². The van der Waals surface area contributed by atoms with Gasteiger partial charge in [-0.3, -0.25) is 0 Å². The van der Waals surface area contributed by atoms with E-state index in [9.17, 15) is 4.39 Å². The van der Waals surface area contributed by atoms with Gasteiger partial charge in [-0.05, 0) is 66.3 Å². The Morgan fingerprint density at radius 2 is 1.94 bits per heavy atom. The van der Waals surface area contributed by atoms with Gasteiger partial charge < -0.3 is 5.73 Å². The fourth-order valence-electron chi connectivity index (χ4n) is 1.60. The van der Waals surface area contributed by atoms with Crippen LogP contribution in [0.3, 0.4) is 0 Å². The maximum atomic E-state index is 13.5. The predicted molar refractivity (Wildman–Crippen MR) is 81.4 cm³/mol. The first kappa shape index (κ1) is 13.6. The van der Waals surface area contributed by atoms with Crippen LogP contribution in [0.5, 0.6) is 0 Å². The molecular formula is C13H12FIN2S. The van der Waals surface area contributed by atoms with Crippen LogP contribution in [0.15, 0.2) is 34.2 Å². The van der Waals surface area contributed by atoms with Gasteiger partial charge >= 0.3 is 0 Å². The molecule has 0 saturated carbocycles. The Balaban J connectivity index is 2.36. The fourth-order valence-corrected chi connectivity index (χ4v) is 3.09. The molecule has 0 bridgehead atoms. The van der Waals surface area contributed by atoms with Crippen LogP contribution in [0.1, 0.15) is 11.3 Å². The Hall–Kier alpha value is -0.820. The number of nitrogens with two attached hydrogens (primary N) is 1. The highest BCUT2D eigenvalue weighted by atomic mass is 127. The Labute approximate surface area is 123 Å². The number of nitrogens with zero attached hydrogens (tertiary/aromatic N) is 1. The molecular weight excluding hydrogens is 362 g/mol. The van der Waals surface area contributed by atoms with E-state index >= 15 is 0 Å². The van der Waals surface area contributed by atoms with Crippen molar-refractivity contribution in [3.05, 3.63) is 44.9 Å². The Kier molecular flexibility index (Phi) is 4.11. The van der Waals surface area contributed by atoms with Gasteiger partial charge in [0.25, 0.3) is 0 Å². The van der Waals surface area contributed by atoms with E-state index in [4.69, 9.17) is 5.73 Å². The van der Waals surface area contributed by atoms with Crippen molar-refractivity contribution in [1.82, 2.24) is 4.98 Å². The molecule has 2 rings (SSSR count). The molecule has 0 radical (unpaired) electrons. The maximum Gasteiger partial charge on any atom is 0.137 e. The number of benzene rings is 1. The second-order valence-corrected chi connectivity index (χ2v) is 6.25. The minimum Gasteiger partial charge on any atom is -0.398 e. The van der Waals surface area contributed by atoms with Gasteiger partial charge in [0.05, 0.1) is 3.57 Å². The highest BCUT2D eigenvalue weighted by molar-refractivity contribution is 14.1. The van der Waals surface area contributed by atoms with Crippen molar-refractivity contribution in [2.24, 2.45) is 0 Å². The smallest absolute Gasteiger partial charge is 0.137 e. The molecule has 0 amide bonds. The van der Waals surface area contributed by atoms with E-state index in [-0.39, 0.29) is 5.82 Å². The van der Waals surface area contributed by atoms with Gasteiger partial charge in [-0.15, -0.1) is 0 Å². The fraction of sp³-hybridized carbons (Fsp3) is 0.154. The first-order valence-corrected chi connectivity index (χ1v) is 7.23. The SMILES string of the molecule is Cc1cc(C)nc(Sc2cc(F)c(I)cc2N)c1. The van der Waals surface area contributed by atoms with Crippen LogP contribution in [0, 0.1) is 23.2 Å². The van der Waals surface area contributed by atoms with Gasteiger partial charge in [-0.1, -0.05) is 11.8 Å². The van der Waals surface area contributed by atoms with E-state index < -0.39 is 0 Å². The Bertz CT molecular complexity index is 582. The van der Waals surface area contributed by atoms with Crippen molar-refractivity contribution >= 4 is 40.0 Å². The number of rotatable bonds is 2. The zero-order valence-electron chi connectivity index (χ0n) is 10.00. The van der Waals surface area contributed by atoms with Crippen LogP contribution < -0.4 is 5.73 Å². The molecule has 2 nitrogen and oxygen atoms in total. The number of hydrogen-bond donors (Lipinski definition) is 1. The summed E-state index contributed by atoms with van der Waals surface area (Å²) in [6.45, 7) is 3.95. The topological polar surface area (TPSA) is 38.9 Å². The van der Waals surface area contributed by atoms with Crippen LogP contribution in [0.4, 0.5) is 10.1 Å². The molecule has 1 aromatic heterocycles. The second kappa shape index (κ2) is 5.44. The molecule has 94 valence electrons. The molecule has 0 spiro atoms. The molecule has 5 heteroatoms. The number of aromatic nitrogens is 1. The Morgan fingerprint density at radius 3 is 2.61 bits per heavy atom. The van der Waals surface area contributed by atoms with E-state index in [0.29, 0.717) is 14.2 Å². The Morgan fingerprint density at radius 1 is 1.22 bits per heavy atom. The van der Waals surface area contributed by atoms with Crippen molar-refractivity contribution in [2.45, 2.75) is 23.8 Å². The summed E-state index contributed by atoms with van der Waals surface area (Å²) in [5, 5.41) is 0.833. The quantitative estimate of drug-likeness (QED) is 0.633. The zero-order valence-corrected chi connectivity index (χ0v) is 13.0. The molecule has 2 N–H and O–H groups in total. The van der Waals surface area contributed by atoms with E-state index in [2.05, 4.69) is 4.98 Å². The first-order chi connectivity index (χ1) is 8.45. The van der Waals surface area contributed by atoms with Gasteiger partial charge in [0.2, 0.25) is 0 Å².